The highest BCUT2D eigenvalue weighted by Crippen LogP contribution is 2.16. The molecule has 0 aliphatic rings. The lowest BCUT2D eigenvalue weighted by Crippen LogP contribution is -2.50. The fraction of sp³-hybridized carbons (Fsp3) is 0.118. The number of amides is 2. The summed E-state index contributed by atoms with van der Waals surface area (Å²) in [6.45, 7) is -0.463. The van der Waals surface area contributed by atoms with Gasteiger partial charge in [0.1, 0.15) is 11.5 Å². The Morgan fingerprint density at radius 2 is 1.41 bits per heavy atom. The molecule has 2 aromatic carbocycles. The van der Waals surface area contributed by atoms with Gasteiger partial charge in [0.25, 0.3) is 11.8 Å². The van der Waals surface area contributed by atoms with E-state index in [2.05, 4.69) is 32.1 Å². The topological polar surface area (TPSA) is 88.7 Å². The van der Waals surface area contributed by atoms with E-state index >= 15 is 0 Å². The molecule has 0 spiro atoms. The zero-order valence-corrected chi connectivity index (χ0v) is 17.0. The number of thiocarbonyl (C=S) groups is 1. The van der Waals surface area contributed by atoms with Gasteiger partial charge in [0.2, 0.25) is 0 Å². The van der Waals surface area contributed by atoms with E-state index in [1.807, 2.05) is 0 Å². The molecule has 142 valence electrons. The third kappa shape index (κ3) is 8.25. The summed E-state index contributed by atoms with van der Waals surface area (Å²) in [6.07, 6.45) is 0. The van der Waals surface area contributed by atoms with Crippen LogP contribution in [0.2, 0.25) is 5.02 Å². The molecule has 0 aromatic heterocycles. The number of nitrogens with one attached hydrogen (secondary N) is 3. The molecule has 0 fully saturated rings. The molecule has 0 aliphatic carbocycles. The molecule has 3 N–H and O–H groups in total. The number of halogens is 2. The van der Waals surface area contributed by atoms with Crippen molar-refractivity contribution in [3.8, 4) is 11.5 Å². The lowest BCUT2D eigenvalue weighted by Gasteiger charge is -2.12. The van der Waals surface area contributed by atoms with E-state index in [-0.39, 0.29) is 18.3 Å². The van der Waals surface area contributed by atoms with Gasteiger partial charge in [-0.2, -0.15) is 0 Å². The molecule has 0 saturated heterocycles. The van der Waals surface area contributed by atoms with Gasteiger partial charge in [-0.1, -0.05) is 27.5 Å². The van der Waals surface area contributed by atoms with Crippen molar-refractivity contribution in [3.63, 3.8) is 0 Å². The van der Waals surface area contributed by atoms with Crippen LogP contribution in [0.15, 0.2) is 53.0 Å². The zero-order chi connectivity index (χ0) is 19.6. The Kier molecular flexibility index (Phi) is 8.31. The van der Waals surface area contributed by atoms with Crippen molar-refractivity contribution in [2.45, 2.75) is 0 Å². The Balaban J connectivity index is 1.62. The highest BCUT2D eigenvalue weighted by Gasteiger charge is 2.08. The minimum atomic E-state index is -0.484. The van der Waals surface area contributed by atoms with E-state index in [9.17, 15) is 9.59 Å². The first kappa shape index (κ1) is 20.9. The van der Waals surface area contributed by atoms with E-state index in [4.69, 9.17) is 33.3 Å². The maximum Gasteiger partial charge on any atom is 0.276 e. The number of carbonyl (C=O) groups is 2. The predicted molar refractivity (Wildman–Crippen MR) is 109 cm³/mol. The summed E-state index contributed by atoms with van der Waals surface area (Å²) in [6, 6.07) is 13.6. The average molecular weight is 473 g/mol. The van der Waals surface area contributed by atoms with Gasteiger partial charge >= 0.3 is 0 Å². The molecule has 0 saturated carbocycles. The lowest BCUT2D eigenvalue weighted by atomic mass is 10.3. The average Bonchev–Trinajstić information content (AvgIpc) is 2.65. The van der Waals surface area contributed by atoms with Crippen LogP contribution in [0.25, 0.3) is 0 Å². The quantitative estimate of drug-likeness (QED) is 0.442. The van der Waals surface area contributed by atoms with E-state index in [0.29, 0.717) is 16.5 Å². The molecular weight excluding hydrogens is 458 g/mol. The van der Waals surface area contributed by atoms with Crippen LogP contribution in [0, 0.1) is 0 Å². The molecule has 0 heterocycles. The standard InChI is InChI=1S/C17H15BrClN3O4S/c18-11-1-5-13(6-2-11)26-10-16(24)21-22-17(27)20-15(23)9-25-14-7-3-12(19)4-8-14/h1-8H,9-10H2,(H,21,24)(H2,20,22,23,27). The molecule has 0 unspecified atom stereocenters. The molecule has 2 rings (SSSR count). The van der Waals surface area contributed by atoms with E-state index < -0.39 is 11.8 Å². The zero-order valence-electron chi connectivity index (χ0n) is 13.8. The summed E-state index contributed by atoms with van der Waals surface area (Å²) in [7, 11) is 0. The maximum absolute atomic E-state index is 11.7. The van der Waals surface area contributed by atoms with Gasteiger partial charge in [0.15, 0.2) is 18.3 Å². The van der Waals surface area contributed by atoms with Gasteiger partial charge in [-0.05, 0) is 60.7 Å². The molecule has 27 heavy (non-hydrogen) atoms. The van der Waals surface area contributed by atoms with Gasteiger partial charge in [0, 0.05) is 9.50 Å². The molecular formula is C17H15BrClN3O4S. The summed E-state index contributed by atoms with van der Waals surface area (Å²) in [4.78, 5) is 23.4. The summed E-state index contributed by atoms with van der Waals surface area (Å²) >= 11 is 14.0. The molecule has 0 radical (unpaired) electrons. The first-order valence-corrected chi connectivity index (χ1v) is 9.15. The Morgan fingerprint density at radius 3 is 2.00 bits per heavy atom. The van der Waals surface area contributed by atoms with Gasteiger partial charge in [-0.15, -0.1) is 0 Å². The smallest absolute Gasteiger partial charge is 0.276 e. The number of ether oxygens (including phenoxy) is 2. The fourth-order valence-corrected chi connectivity index (χ4v) is 2.27. The Hall–Kier alpha value is -2.36. The number of hydrogen-bond donors (Lipinski definition) is 3. The SMILES string of the molecule is O=C(COc1ccc(Br)cc1)NNC(=S)NC(=O)COc1ccc(Cl)cc1. The highest BCUT2D eigenvalue weighted by molar-refractivity contribution is 9.10. The fourth-order valence-electron chi connectivity index (χ4n) is 1.72. The van der Waals surface area contributed by atoms with Crippen LogP contribution in [-0.4, -0.2) is 30.1 Å². The van der Waals surface area contributed by atoms with E-state index in [1.165, 1.54) is 0 Å². The summed E-state index contributed by atoms with van der Waals surface area (Å²) in [5.41, 5.74) is 4.72. The van der Waals surface area contributed by atoms with Crippen molar-refractivity contribution in [3.05, 3.63) is 58.0 Å². The molecule has 0 bridgehead atoms. The molecule has 2 aromatic rings. The number of rotatable bonds is 6. The lowest BCUT2D eigenvalue weighted by molar-refractivity contribution is -0.124. The molecule has 7 nitrogen and oxygen atoms in total. The van der Waals surface area contributed by atoms with Crippen molar-refractivity contribution >= 4 is 56.7 Å². The third-order valence-corrected chi connectivity index (χ3v) is 3.92. The van der Waals surface area contributed by atoms with Crippen LogP contribution in [0.1, 0.15) is 0 Å². The molecule has 0 atom stereocenters. The maximum atomic E-state index is 11.7. The van der Waals surface area contributed by atoms with Gasteiger partial charge in [-0.25, -0.2) is 0 Å². The first-order valence-electron chi connectivity index (χ1n) is 7.58. The summed E-state index contributed by atoms with van der Waals surface area (Å²) < 4.78 is 11.5. The first-order chi connectivity index (χ1) is 12.9. The van der Waals surface area contributed by atoms with Crippen LogP contribution < -0.4 is 25.6 Å². The second-order valence-corrected chi connectivity index (χ2v) is 6.80. The van der Waals surface area contributed by atoms with Crippen molar-refractivity contribution in [2.75, 3.05) is 13.2 Å². The minimum absolute atomic E-state index is 0.0725. The third-order valence-electron chi connectivity index (χ3n) is 2.94. The van der Waals surface area contributed by atoms with Crippen LogP contribution in [0.3, 0.4) is 0 Å². The van der Waals surface area contributed by atoms with Crippen molar-refractivity contribution in [1.82, 2.24) is 16.2 Å². The second-order valence-electron chi connectivity index (χ2n) is 5.04. The molecule has 0 aliphatic heterocycles. The van der Waals surface area contributed by atoms with Crippen molar-refractivity contribution < 1.29 is 19.1 Å². The highest BCUT2D eigenvalue weighted by atomic mass is 79.9. The van der Waals surface area contributed by atoms with E-state index in [1.54, 1.807) is 48.5 Å². The normalized spacial score (nSPS) is 9.85. The number of hydrogen-bond acceptors (Lipinski definition) is 5. The Morgan fingerprint density at radius 1 is 0.889 bits per heavy atom. The van der Waals surface area contributed by atoms with Crippen LogP contribution in [0.4, 0.5) is 0 Å². The minimum Gasteiger partial charge on any atom is -0.484 e. The number of hydrazine groups is 1. The Labute approximate surface area is 174 Å². The van der Waals surface area contributed by atoms with Crippen LogP contribution >= 0.6 is 39.7 Å². The van der Waals surface area contributed by atoms with Crippen molar-refractivity contribution in [1.29, 1.82) is 0 Å². The van der Waals surface area contributed by atoms with Crippen LogP contribution in [0.5, 0.6) is 11.5 Å². The van der Waals surface area contributed by atoms with Gasteiger partial charge in [0.05, 0.1) is 0 Å². The second kappa shape index (κ2) is 10.7. The number of benzene rings is 2. The van der Waals surface area contributed by atoms with Gasteiger partial charge < -0.3 is 9.47 Å². The summed E-state index contributed by atoms with van der Waals surface area (Å²) in [5.74, 6) is 0.0881. The predicted octanol–water partition coefficient (Wildman–Crippen LogP) is 2.58. The van der Waals surface area contributed by atoms with Crippen molar-refractivity contribution in [2.24, 2.45) is 0 Å². The van der Waals surface area contributed by atoms with E-state index in [0.717, 1.165) is 4.47 Å². The van der Waals surface area contributed by atoms with Crippen LogP contribution in [-0.2, 0) is 9.59 Å². The number of carbonyl (C=O) groups excluding carboxylic acids is 2. The van der Waals surface area contributed by atoms with Gasteiger partial charge in [-0.3, -0.25) is 25.8 Å². The monoisotopic (exact) mass is 471 g/mol. The largest absolute Gasteiger partial charge is 0.484 e. The molecule has 2 amide bonds. The summed E-state index contributed by atoms with van der Waals surface area (Å²) in [5, 5.41) is 2.86. The Bertz CT molecular complexity index is 803. The molecule has 10 heteroatoms.